The van der Waals surface area contributed by atoms with Crippen molar-refractivity contribution in [2.24, 2.45) is 5.92 Å². The number of nitrogens with one attached hydrogen (secondary N) is 1. The van der Waals surface area contributed by atoms with E-state index in [1.54, 1.807) is 12.1 Å². The number of halogens is 1. The highest BCUT2D eigenvalue weighted by molar-refractivity contribution is 5.48. The maximum absolute atomic E-state index is 14.1. The van der Waals surface area contributed by atoms with Crippen LogP contribution in [0.4, 0.5) is 4.39 Å². The minimum atomic E-state index is -0.326. The Bertz CT molecular complexity index is 915. The predicted octanol–water partition coefficient (Wildman–Crippen LogP) is 3.75. The number of aromatic nitrogens is 3. The highest BCUT2D eigenvalue weighted by Gasteiger charge is 2.54. The summed E-state index contributed by atoms with van der Waals surface area (Å²) in [5.41, 5.74) is 4.08. The minimum Gasteiger partial charge on any atom is -0.361 e. The number of nitrogens with zero attached hydrogens (tertiary/aromatic N) is 2. The monoisotopic (exact) mass is 323 g/mol. The lowest BCUT2D eigenvalue weighted by molar-refractivity contribution is 0.189. The van der Waals surface area contributed by atoms with Gasteiger partial charge >= 0.3 is 0 Å². The Labute approximate surface area is 139 Å². The standard InChI is InChI=1S/C19H18FN3O/c1-11-16-6-5-12-9-21-23-18(12)19(16,8-13-10-22-24-17(11)13)14-3-2-4-15(20)7-14/h2-4,7,9-11,16H,5-6,8H2,1H3,(H,21,23)/t11-,16-,19+/m0/s1. The van der Waals surface area contributed by atoms with E-state index in [2.05, 4.69) is 22.3 Å². The summed E-state index contributed by atoms with van der Waals surface area (Å²) in [6.45, 7) is 2.19. The van der Waals surface area contributed by atoms with Crippen LogP contribution in [0.1, 0.15) is 47.4 Å². The van der Waals surface area contributed by atoms with Gasteiger partial charge in [-0.15, -0.1) is 0 Å². The molecule has 2 aliphatic rings. The second kappa shape index (κ2) is 4.79. The molecule has 0 radical (unpaired) electrons. The fourth-order valence-corrected chi connectivity index (χ4v) is 5.00. The van der Waals surface area contributed by atoms with Gasteiger partial charge in [-0.2, -0.15) is 5.10 Å². The van der Waals surface area contributed by atoms with Crippen molar-refractivity contribution in [3.8, 4) is 0 Å². The molecule has 2 aromatic heterocycles. The van der Waals surface area contributed by atoms with Gasteiger partial charge in [-0.25, -0.2) is 4.39 Å². The zero-order valence-corrected chi connectivity index (χ0v) is 13.4. The number of fused-ring (bicyclic) bond motifs is 4. The summed E-state index contributed by atoms with van der Waals surface area (Å²) in [6, 6.07) is 7.00. The van der Waals surface area contributed by atoms with Gasteiger partial charge in [0.25, 0.3) is 0 Å². The van der Waals surface area contributed by atoms with Crippen LogP contribution < -0.4 is 0 Å². The second-order valence-electron chi connectivity index (χ2n) is 7.07. The summed E-state index contributed by atoms with van der Waals surface area (Å²) < 4.78 is 19.6. The molecule has 122 valence electrons. The molecule has 0 saturated heterocycles. The summed E-state index contributed by atoms with van der Waals surface area (Å²) in [7, 11) is 0. The lowest BCUT2D eigenvalue weighted by Gasteiger charge is -2.48. The normalized spacial score (nSPS) is 28.1. The average Bonchev–Trinajstić information content (AvgIpc) is 3.23. The Hall–Kier alpha value is -2.43. The lowest BCUT2D eigenvalue weighted by atomic mass is 9.53. The molecule has 5 heteroatoms. The highest BCUT2D eigenvalue weighted by Crippen LogP contribution is 2.56. The predicted molar refractivity (Wildman–Crippen MR) is 86.2 cm³/mol. The molecule has 0 bridgehead atoms. The van der Waals surface area contributed by atoms with E-state index in [-0.39, 0.29) is 17.2 Å². The third-order valence-electron chi connectivity index (χ3n) is 6.00. The zero-order valence-electron chi connectivity index (χ0n) is 13.4. The second-order valence-corrected chi connectivity index (χ2v) is 7.07. The molecular formula is C19H18FN3O. The van der Waals surface area contributed by atoms with Crippen molar-refractivity contribution in [2.45, 2.75) is 37.5 Å². The Morgan fingerprint density at radius 2 is 2.25 bits per heavy atom. The first-order valence-electron chi connectivity index (χ1n) is 8.43. The van der Waals surface area contributed by atoms with Crippen LogP contribution in [-0.4, -0.2) is 15.4 Å². The van der Waals surface area contributed by atoms with Crippen LogP contribution in [0.15, 0.2) is 41.2 Å². The van der Waals surface area contributed by atoms with E-state index < -0.39 is 0 Å². The van der Waals surface area contributed by atoms with Crippen LogP contribution in [0, 0.1) is 11.7 Å². The summed E-state index contributed by atoms with van der Waals surface area (Å²) in [4.78, 5) is 0. The van der Waals surface area contributed by atoms with Crippen molar-refractivity contribution < 1.29 is 8.91 Å². The van der Waals surface area contributed by atoms with Gasteiger partial charge in [-0.3, -0.25) is 5.10 Å². The first kappa shape index (κ1) is 14.0. The molecule has 3 atom stereocenters. The number of H-pyrrole nitrogens is 1. The average molecular weight is 323 g/mol. The van der Waals surface area contributed by atoms with Crippen molar-refractivity contribution >= 4 is 0 Å². The Morgan fingerprint density at radius 3 is 3.12 bits per heavy atom. The van der Waals surface area contributed by atoms with E-state index in [4.69, 9.17) is 4.52 Å². The molecule has 5 rings (SSSR count). The van der Waals surface area contributed by atoms with Gasteiger partial charge in [0.2, 0.25) is 0 Å². The molecular weight excluding hydrogens is 305 g/mol. The van der Waals surface area contributed by atoms with Gasteiger partial charge in [0.1, 0.15) is 11.6 Å². The molecule has 0 saturated carbocycles. The number of hydrogen-bond acceptors (Lipinski definition) is 3. The van der Waals surface area contributed by atoms with Gasteiger partial charge in [0.15, 0.2) is 0 Å². The smallest absolute Gasteiger partial charge is 0.143 e. The molecule has 3 aromatic rings. The quantitative estimate of drug-likeness (QED) is 0.742. The van der Waals surface area contributed by atoms with Crippen molar-refractivity contribution in [2.75, 3.05) is 0 Å². The number of rotatable bonds is 1. The van der Waals surface area contributed by atoms with Crippen LogP contribution in [0.25, 0.3) is 0 Å². The van der Waals surface area contributed by atoms with Gasteiger partial charge in [-0.1, -0.05) is 24.2 Å². The Morgan fingerprint density at radius 1 is 1.33 bits per heavy atom. The maximum atomic E-state index is 14.1. The lowest BCUT2D eigenvalue weighted by Crippen LogP contribution is -2.47. The highest BCUT2D eigenvalue weighted by atomic mass is 19.1. The van der Waals surface area contributed by atoms with Crippen molar-refractivity contribution in [1.82, 2.24) is 15.4 Å². The molecule has 0 amide bonds. The van der Waals surface area contributed by atoms with Crippen LogP contribution in [0.2, 0.25) is 0 Å². The summed E-state index contributed by atoms with van der Waals surface area (Å²) in [6.07, 6.45) is 6.57. The van der Waals surface area contributed by atoms with Gasteiger partial charge in [0.05, 0.1) is 11.9 Å². The van der Waals surface area contributed by atoms with Crippen LogP contribution >= 0.6 is 0 Å². The van der Waals surface area contributed by atoms with E-state index in [0.29, 0.717) is 5.92 Å². The molecule has 4 nitrogen and oxygen atoms in total. The first-order chi connectivity index (χ1) is 11.7. The van der Waals surface area contributed by atoms with E-state index in [1.807, 2.05) is 18.5 Å². The molecule has 24 heavy (non-hydrogen) atoms. The van der Waals surface area contributed by atoms with Crippen molar-refractivity contribution in [3.63, 3.8) is 0 Å². The SMILES string of the molecule is C[C@@H]1c2oncc2C[C@]2(c3cccc(F)c3)c3n[nH]cc3CC[C@@H]12. The molecule has 0 spiro atoms. The third-order valence-corrected chi connectivity index (χ3v) is 6.00. The molecule has 1 N–H and O–H groups in total. The Kier molecular flexibility index (Phi) is 2.78. The molecule has 0 fully saturated rings. The molecule has 0 unspecified atom stereocenters. The number of hydrogen-bond donors (Lipinski definition) is 1. The van der Waals surface area contributed by atoms with Gasteiger partial charge < -0.3 is 4.52 Å². The summed E-state index contributed by atoms with van der Waals surface area (Å²) in [5, 5.41) is 11.7. The third kappa shape index (κ3) is 1.67. The Balaban J connectivity index is 1.82. The number of benzene rings is 1. The van der Waals surface area contributed by atoms with E-state index in [9.17, 15) is 4.39 Å². The van der Waals surface area contributed by atoms with Crippen LogP contribution in [-0.2, 0) is 18.3 Å². The van der Waals surface area contributed by atoms with E-state index in [1.165, 1.54) is 11.6 Å². The molecule has 1 aromatic carbocycles. The minimum absolute atomic E-state index is 0.202. The first-order valence-corrected chi connectivity index (χ1v) is 8.43. The van der Waals surface area contributed by atoms with Gasteiger partial charge in [-0.05, 0) is 48.4 Å². The van der Waals surface area contributed by atoms with Crippen molar-refractivity contribution in [1.29, 1.82) is 0 Å². The summed E-state index contributed by atoms with van der Waals surface area (Å²) in [5.74, 6) is 1.32. The number of aryl methyl sites for hydroxylation is 1. The van der Waals surface area contributed by atoms with Crippen molar-refractivity contribution in [3.05, 3.63) is 70.6 Å². The molecule has 0 aliphatic heterocycles. The van der Waals surface area contributed by atoms with Crippen LogP contribution in [0.5, 0.6) is 0 Å². The largest absolute Gasteiger partial charge is 0.361 e. The topological polar surface area (TPSA) is 54.7 Å². The molecule has 2 heterocycles. The zero-order chi connectivity index (χ0) is 16.3. The fourth-order valence-electron chi connectivity index (χ4n) is 5.00. The van der Waals surface area contributed by atoms with Crippen LogP contribution in [0.3, 0.4) is 0 Å². The van der Waals surface area contributed by atoms with E-state index >= 15 is 0 Å². The summed E-state index contributed by atoms with van der Waals surface area (Å²) >= 11 is 0. The maximum Gasteiger partial charge on any atom is 0.143 e. The molecule has 2 aliphatic carbocycles. The van der Waals surface area contributed by atoms with E-state index in [0.717, 1.165) is 41.8 Å². The fraction of sp³-hybridized carbons (Fsp3) is 0.368. The number of aromatic amines is 1. The van der Waals surface area contributed by atoms with Gasteiger partial charge in [0, 0.05) is 23.1 Å².